The van der Waals surface area contributed by atoms with Gasteiger partial charge in [0.1, 0.15) is 11.9 Å². The van der Waals surface area contributed by atoms with Gasteiger partial charge in [-0.3, -0.25) is 4.98 Å². The molecule has 1 atom stereocenters. The van der Waals surface area contributed by atoms with Crippen LogP contribution in [0.4, 0.5) is 4.39 Å². The molecule has 0 fully saturated rings. The van der Waals surface area contributed by atoms with E-state index in [2.05, 4.69) is 9.71 Å². The number of hydrogen-bond donors (Lipinski definition) is 1. The van der Waals surface area contributed by atoms with Crippen molar-refractivity contribution in [2.24, 2.45) is 0 Å². The van der Waals surface area contributed by atoms with Crippen LogP contribution in [0.25, 0.3) is 0 Å². The summed E-state index contributed by atoms with van der Waals surface area (Å²) in [6.45, 7) is 1.65. The summed E-state index contributed by atoms with van der Waals surface area (Å²) in [6, 6.07) is 9.31. The monoisotopic (exact) mass is 305 g/mol. The van der Waals surface area contributed by atoms with Crippen molar-refractivity contribution in [3.8, 4) is 6.07 Å². The molecule has 1 heterocycles. The summed E-state index contributed by atoms with van der Waals surface area (Å²) in [5.41, 5.74) is 0.243. The highest BCUT2D eigenvalue weighted by Gasteiger charge is 2.20. The first-order valence-corrected chi connectivity index (χ1v) is 7.55. The van der Waals surface area contributed by atoms with Gasteiger partial charge in [-0.2, -0.15) is 5.26 Å². The molecule has 0 aliphatic rings. The molecule has 2 rings (SSSR count). The Morgan fingerprint density at radius 3 is 2.71 bits per heavy atom. The normalized spacial score (nSPS) is 12.6. The predicted molar refractivity (Wildman–Crippen MR) is 74.1 cm³/mol. The van der Waals surface area contributed by atoms with E-state index in [1.54, 1.807) is 37.4 Å². The third kappa shape index (κ3) is 3.42. The lowest BCUT2D eigenvalue weighted by atomic mass is 10.2. The molecule has 0 saturated carbocycles. The van der Waals surface area contributed by atoms with Crippen molar-refractivity contribution < 1.29 is 12.8 Å². The fraction of sp³-hybridized carbons (Fsp3) is 0.143. The van der Waals surface area contributed by atoms with Crippen LogP contribution in [-0.4, -0.2) is 13.4 Å². The highest BCUT2D eigenvalue weighted by Crippen LogP contribution is 2.17. The topological polar surface area (TPSA) is 82.9 Å². The van der Waals surface area contributed by atoms with Gasteiger partial charge in [-0.15, -0.1) is 0 Å². The lowest BCUT2D eigenvalue weighted by Crippen LogP contribution is -2.27. The van der Waals surface area contributed by atoms with E-state index in [4.69, 9.17) is 5.26 Å². The van der Waals surface area contributed by atoms with Gasteiger partial charge in [-0.1, -0.05) is 6.07 Å². The molecule has 0 saturated heterocycles. The summed E-state index contributed by atoms with van der Waals surface area (Å²) in [5, 5.41) is 8.75. The van der Waals surface area contributed by atoms with E-state index < -0.39 is 21.9 Å². The highest BCUT2D eigenvalue weighted by molar-refractivity contribution is 7.89. The van der Waals surface area contributed by atoms with Crippen molar-refractivity contribution in [1.82, 2.24) is 9.71 Å². The highest BCUT2D eigenvalue weighted by atomic mass is 32.2. The van der Waals surface area contributed by atoms with Gasteiger partial charge >= 0.3 is 0 Å². The van der Waals surface area contributed by atoms with Crippen LogP contribution in [0.3, 0.4) is 0 Å². The number of nitrogens with one attached hydrogen (secondary N) is 1. The molecule has 21 heavy (non-hydrogen) atoms. The van der Waals surface area contributed by atoms with Crippen LogP contribution >= 0.6 is 0 Å². The second-order valence-electron chi connectivity index (χ2n) is 4.35. The summed E-state index contributed by atoms with van der Waals surface area (Å²) >= 11 is 0. The van der Waals surface area contributed by atoms with Gasteiger partial charge in [-0.05, 0) is 37.3 Å². The average molecular weight is 305 g/mol. The third-order valence-electron chi connectivity index (χ3n) is 2.83. The lowest BCUT2D eigenvalue weighted by molar-refractivity contribution is 0.563. The maximum atomic E-state index is 13.2. The van der Waals surface area contributed by atoms with Crippen LogP contribution in [0, 0.1) is 17.1 Å². The van der Waals surface area contributed by atoms with E-state index in [-0.39, 0.29) is 10.5 Å². The molecule has 5 nitrogen and oxygen atoms in total. The summed E-state index contributed by atoms with van der Waals surface area (Å²) in [5.74, 6) is -0.755. The van der Waals surface area contributed by atoms with Crippen molar-refractivity contribution >= 4 is 10.0 Å². The molecule has 108 valence electrons. The summed E-state index contributed by atoms with van der Waals surface area (Å²) in [6.07, 6.45) is 1.56. The number of benzene rings is 1. The number of nitrogens with zero attached hydrogens (tertiary/aromatic N) is 2. The van der Waals surface area contributed by atoms with Crippen LogP contribution < -0.4 is 4.72 Å². The third-order valence-corrected chi connectivity index (χ3v) is 4.37. The van der Waals surface area contributed by atoms with Crippen LogP contribution in [-0.2, 0) is 10.0 Å². The molecule has 0 spiro atoms. The first-order chi connectivity index (χ1) is 9.94. The zero-order chi connectivity index (χ0) is 15.5. The van der Waals surface area contributed by atoms with Crippen molar-refractivity contribution in [2.75, 3.05) is 0 Å². The molecule has 7 heteroatoms. The number of halogens is 1. The van der Waals surface area contributed by atoms with Crippen LogP contribution in [0.2, 0.25) is 0 Å². The van der Waals surface area contributed by atoms with E-state index in [0.717, 1.165) is 18.2 Å². The smallest absolute Gasteiger partial charge is 0.241 e. The predicted octanol–water partition coefficient (Wildman–Crippen LogP) is 2.13. The minimum Gasteiger partial charge on any atom is -0.260 e. The fourth-order valence-electron chi connectivity index (χ4n) is 1.75. The molecule has 1 unspecified atom stereocenters. The van der Waals surface area contributed by atoms with Crippen molar-refractivity contribution in [3.63, 3.8) is 0 Å². The van der Waals surface area contributed by atoms with Crippen molar-refractivity contribution in [2.45, 2.75) is 17.9 Å². The van der Waals surface area contributed by atoms with Crippen molar-refractivity contribution in [3.05, 3.63) is 59.7 Å². The maximum absolute atomic E-state index is 13.2. The van der Waals surface area contributed by atoms with Gasteiger partial charge < -0.3 is 0 Å². The number of nitriles is 1. The first kappa shape index (κ1) is 15.1. The number of pyridine rings is 1. The number of rotatable bonds is 4. The Morgan fingerprint density at radius 2 is 2.10 bits per heavy atom. The number of aromatic nitrogens is 1. The zero-order valence-corrected chi connectivity index (χ0v) is 11.9. The first-order valence-electron chi connectivity index (χ1n) is 6.07. The summed E-state index contributed by atoms with van der Waals surface area (Å²) < 4.78 is 40.1. The Hall–Kier alpha value is -2.30. The van der Waals surface area contributed by atoms with Crippen molar-refractivity contribution in [1.29, 1.82) is 5.26 Å². The van der Waals surface area contributed by atoms with E-state index in [1.165, 1.54) is 0 Å². The van der Waals surface area contributed by atoms with Gasteiger partial charge in [-0.25, -0.2) is 17.5 Å². The SMILES string of the molecule is CC(NS(=O)(=O)c1ccc(F)c(C#N)c1)c1ccccn1. The molecular weight excluding hydrogens is 293 g/mol. The molecule has 0 aliphatic carbocycles. The molecule has 1 aromatic heterocycles. The number of hydrogen-bond acceptors (Lipinski definition) is 4. The van der Waals surface area contributed by atoms with Gasteiger partial charge in [0.2, 0.25) is 10.0 Å². The Kier molecular flexibility index (Phi) is 4.31. The van der Waals surface area contributed by atoms with Gasteiger partial charge in [0, 0.05) is 6.20 Å². The van der Waals surface area contributed by atoms with Crippen LogP contribution in [0.15, 0.2) is 47.5 Å². The van der Waals surface area contributed by atoms with E-state index in [0.29, 0.717) is 5.69 Å². The second-order valence-corrected chi connectivity index (χ2v) is 6.07. The largest absolute Gasteiger partial charge is 0.260 e. The molecule has 1 N–H and O–H groups in total. The molecule has 1 aromatic carbocycles. The standard InChI is InChI=1S/C14H12FN3O2S/c1-10(14-4-2-3-7-17-14)18-21(19,20)12-5-6-13(15)11(8-12)9-16/h2-8,10,18H,1H3. The quantitative estimate of drug-likeness (QED) is 0.938. The van der Waals surface area contributed by atoms with E-state index in [1.807, 2.05) is 0 Å². The van der Waals surface area contributed by atoms with E-state index in [9.17, 15) is 12.8 Å². The molecule has 2 aromatic rings. The molecule has 0 bridgehead atoms. The van der Waals surface area contributed by atoms with Gasteiger partial charge in [0.15, 0.2) is 0 Å². The Labute approximate surface area is 122 Å². The molecule has 0 aliphatic heterocycles. The van der Waals surface area contributed by atoms with Crippen LogP contribution in [0.1, 0.15) is 24.2 Å². The molecule has 0 radical (unpaired) electrons. The summed E-state index contributed by atoms with van der Waals surface area (Å²) in [4.78, 5) is 3.90. The Balaban J connectivity index is 2.29. The van der Waals surface area contributed by atoms with E-state index >= 15 is 0 Å². The zero-order valence-electron chi connectivity index (χ0n) is 11.1. The van der Waals surface area contributed by atoms with Crippen LogP contribution in [0.5, 0.6) is 0 Å². The van der Waals surface area contributed by atoms with Gasteiger partial charge in [0.25, 0.3) is 0 Å². The fourth-order valence-corrected chi connectivity index (χ4v) is 2.99. The summed E-state index contributed by atoms with van der Waals surface area (Å²) in [7, 11) is -3.86. The second kappa shape index (κ2) is 5.99. The molecule has 0 amide bonds. The molecular formula is C14H12FN3O2S. The lowest BCUT2D eigenvalue weighted by Gasteiger charge is -2.13. The van der Waals surface area contributed by atoms with Gasteiger partial charge in [0.05, 0.1) is 22.2 Å². The number of sulfonamides is 1. The Bertz CT molecular complexity index is 786. The minimum absolute atomic E-state index is 0.164. The Morgan fingerprint density at radius 1 is 1.33 bits per heavy atom. The average Bonchev–Trinajstić information content (AvgIpc) is 2.48. The maximum Gasteiger partial charge on any atom is 0.241 e. The minimum atomic E-state index is -3.86.